The number of carboxylic acids is 1. The summed E-state index contributed by atoms with van der Waals surface area (Å²) in [7, 11) is -4.80. The summed E-state index contributed by atoms with van der Waals surface area (Å²) in [4.78, 5) is 129. The van der Waals surface area contributed by atoms with E-state index in [1.54, 1.807) is 50.4 Å². The first-order valence-corrected chi connectivity index (χ1v) is 36.0. The number of unbranched alkanes of at least 4 members (excludes halogenated alkanes) is 2. The minimum Gasteiger partial charge on any atom is -0.476 e. The van der Waals surface area contributed by atoms with Crippen molar-refractivity contribution in [2.75, 3.05) is 47.5 Å². The second kappa shape index (κ2) is 29.4. The lowest BCUT2D eigenvalue weighted by atomic mass is 9.39. The highest BCUT2D eigenvalue weighted by molar-refractivity contribution is 7.85. The zero-order chi connectivity index (χ0) is 71.5. The molecule has 3 aromatic heterocycles. The van der Waals surface area contributed by atoms with Gasteiger partial charge in [-0.25, -0.2) is 19.6 Å². The highest BCUT2D eigenvalue weighted by atomic mass is 32.2. The number of benzene rings is 3. The van der Waals surface area contributed by atoms with Crippen LogP contribution in [0.4, 0.5) is 21.4 Å². The Morgan fingerprint density at radius 2 is 1.50 bits per heavy atom. The molecule has 12 rings (SSSR count). The third kappa shape index (κ3) is 16.9. The normalized spacial score (nSPS) is 21.5. The van der Waals surface area contributed by atoms with Gasteiger partial charge in [0, 0.05) is 79.4 Å². The fourth-order valence-corrected chi connectivity index (χ4v) is 17.7. The number of nitrogens with zero attached hydrogens (tertiary/aromatic N) is 6. The third-order valence-corrected chi connectivity index (χ3v) is 21.3. The van der Waals surface area contributed by atoms with Crippen molar-refractivity contribution in [3.05, 3.63) is 131 Å². The molecule has 4 saturated carbocycles. The van der Waals surface area contributed by atoms with E-state index in [-0.39, 0.29) is 67.0 Å². The topological polar surface area (TPSA) is 369 Å². The van der Waals surface area contributed by atoms with Gasteiger partial charge in [-0.2, -0.15) is 13.5 Å². The Morgan fingerprint density at radius 1 is 0.770 bits per heavy atom. The summed E-state index contributed by atoms with van der Waals surface area (Å²) in [6.45, 7) is 13.3. The van der Waals surface area contributed by atoms with Crippen molar-refractivity contribution in [1.82, 2.24) is 45.9 Å². The van der Waals surface area contributed by atoms with Gasteiger partial charge < -0.3 is 46.1 Å². The number of alkyl carbamates (subject to hydrolysis) is 1. The maximum Gasteiger partial charge on any atom is 0.407 e. The Morgan fingerprint density at radius 3 is 2.20 bits per heavy atom. The van der Waals surface area contributed by atoms with Crippen molar-refractivity contribution in [3.63, 3.8) is 0 Å². The van der Waals surface area contributed by atoms with Crippen LogP contribution >= 0.6 is 11.3 Å². The molecular weight excluding hydrogens is 1320 g/mol. The number of nitrogens with one attached hydrogen (secondary N) is 6. The van der Waals surface area contributed by atoms with E-state index in [1.807, 2.05) is 65.0 Å². The number of hydrogen-bond acceptors (Lipinski definition) is 18. The number of carbonyl (C=O) groups is 9. The van der Waals surface area contributed by atoms with Crippen LogP contribution in [0.5, 0.6) is 0 Å². The molecule has 6 aromatic rings. The lowest BCUT2D eigenvalue weighted by Gasteiger charge is -2.69. The number of para-hydroxylation sites is 1. The largest absolute Gasteiger partial charge is 0.476 e. The number of ether oxygens (including phenoxy) is 2. The van der Waals surface area contributed by atoms with E-state index in [4.69, 9.17) is 19.6 Å². The molecule has 5 heterocycles. The highest BCUT2D eigenvalue weighted by Crippen LogP contribution is 2.72. The van der Waals surface area contributed by atoms with Gasteiger partial charge in [-0.1, -0.05) is 81.9 Å². The summed E-state index contributed by atoms with van der Waals surface area (Å²) in [6, 6.07) is 19.3. The van der Waals surface area contributed by atoms with E-state index < -0.39 is 93.0 Å². The van der Waals surface area contributed by atoms with Crippen molar-refractivity contribution < 1.29 is 70.7 Å². The predicted molar refractivity (Wildman–Crippen MR) is 371 cm³/mol. The number of imide groups is 1. The number of rotatable bonds is 29. The van der Waals surface area contributed by atoms with E-state index in [9.17, 15) is 61.2 Å². The highest BCUT2D eigenvalue weighted by Gasteiger charge is 2.66. The van der Waals surface area contributed by atoms with Crippen LogP contribution in [0.3, 0.4) is 0 Å². The number of amides is 8. The fourth-order valence-electron chi connectivity index (χ4n) is 16.2. The van der Waals surface area contributed by atoms with E-state index in [0.717, 1.165) is 82.6 Å². The number of carboxylic acid groups (broad SMARTS) is 1. The molecule has 27 nitrogen and oxygen atoms in total. The SMILES string of the molecule is Cc1c(-c2ccc(N3CCc4cccc(C(=O)Nc5nc6ccccc6s5)c4C3)nc2C(=O)O)cnn1CC12CC3(C)CC(C)(C1)CC(OCCNC(=O)OCc1ccc(NC(=O)[C@H](C)NC(=O)[C@@H](NC(=O)[C@H](CS(=O)(=O)O)NC(=O)CCCCCN4C(=O)C=CC4=O)C(C)C)cc1)(C3)C2. The molecule has 4 fully saturated rings. The van der Waals surface area contributed by atoms with Crippen molar-refractivity contribution in [2.24, 2.45) is 22.2 Å². The maximum atomic E-state index is 13.8. The average molecular weight is 1410 g/mol. The minimum absolute atomic E-state index is 0.00331. The minimum atomic E-state index is -4.80. The van der Waals surface area contributed by atoms with Gasteiger partial charge in [-0.15, -0.1) is 0 Å². The lowest BCUT2D eigenvalue weighted by Crippen LogP contribution is -2.64. The Hall–Kier alpha value is -9.45. The summed E-state index contributed by atoms with van der Waals surface area (Å²) in [5.41, 5.74) is 5.47. The number of hydrogen-bond donors (Lipinski definition) is 8. The molecule has 0 saturated heterocycles. The molecule has 5 atom stereocenters. The summed E-state index contributed by atoms with van der Waals surface area (Å²) in [5.74, 6) is -6.77. The lowest BCUT2D eigenvalue weighted by molar-refractivity contribution is -0.247. The van der Waals surface area contributed by atoms with Crippen LogP contribution in [0, 0.1) is 29.1 Å². The molecule has 29 heteroatoms. The first-order valence-electron chi connectivity index (χ1n) is 33.6. The predicted octanol–water partition coefficient (Wildman–Crippen LogP) is 7.88. The van der Waals surface area contributed by atoms with E-state index in [1.165, 1.54) is 18.3 Å². The zero-order valence-electron chi connectivity index (χ0n) is 56.7. The molecule has 2 unspecified atom stereocenters. The number of thiazole rings is 1. The molecule has 530 valence electrons. The molecule has 2 aliphatic heterocycles. The molecule has 0 radical (unpaired) electrons. The van der Waals surface area contributed by atoms with E-state index in [0.29, 0.717) is 77.8 Å². The van der Waals surface area contributed by atoms with Gasteiger partial charge in [0.2, 0.25) is 23.6 Å². The van der Waals surface area contributed by atoms with Crippen LogP contribution in [-0.4, -0.2) is 152 Å². The molecule has 0 spiro atoms. The second-order valence-electron chi connectivity index (χ2n) is 28.4. The molecule has 3 aromatic carbocycles. The van der Waals surface area contributed by atoms with Crippen LogP contribution in [0.2, 0.25) is 0 Å². The number of anilines is 3. The van der Waals surface area contributed by atoms with Gasteiger partial charge in [0.15, 0.2) is 10.8 Å². The van der Waals surface area contributed by atoms with Gasteiger partial charge >= 0.3 is 12.1 Å². The Bertz CT molecular complexity index is 4270. The van der Waals surface area contributed by atoms with Gasteiger partial charge in [0.05, 0.1) is 28.6 Å². The average Bonchev–Trinajstić information content (AvgIpc) is 0.864. The summed E-state index contributed by atoms with van der Waals surface area (Å²) in [6.07, 6.45) is 10.6. The summed E-state index contributed by atoms with van der Waals surface area (Å²) >= 11 is 1.41. The quantitative estimate of drug-likeness (QED) is 0.0126. The Labute approximate surface area is 582 Å². The summed E-state index contributed by atoms with van der Waals surface area (Å²) < 4.78 is 48.8. The number of carbonyl (C=O) groups excluding carboxylic acids is 8. The van der Waals surface area contributed by atoms with Crippen LogP contribution in [0.1, 0.15) is 142 Å². The molecule has 6 aliphatic rings. The van der Waals surface area contributed by atoms with Crippen LogP contribution in [0.15, 0.2) is 97.2 Å². The Balaban J connectivity index is 0.633. The first-order chi connectivity index (χ1) is 47.5. The van der Waals surface area contributed by atoms with Crippen molar-refractivity contribution in [3.8, 4) is 11.1 Å². The van der Waals surface area contributed by atoms with Crippen LogP contribution < -0.4 is 36.8 Å². The standard InChI is InChI=1S/C71H84N12O15S2/c1-42(2)59(79-63(89)53(34-100(94,95)96)76-56(84)17-8-7-11-28-82-57(85)24-25-58(82)86)64(90)74-43(3)61(87)75-47-20-18-45(19-21-47)33-97-67(93)72-27-30-98-71-38-68(5)35-69(6,39-71)37-70(36-68,40-71)41-83-44(4)50(31-73-83)48-22-23-55(78-60(48)65(91)92)81-29-26-46-13-12-14-49(51(46)32-81)62(88)80-66-77-52-15-9-10-16-54(52)99-66/h9-10,12-16,18-25,31,42-43,53,59H,7-8,11,17,26-30,32-41H2,1-6H3,(H,72,93)(H,74,90)(H,75,87)(H,76,84)(H,79,89)(H,91,92)(H,77,80,88)(H,94,95,96)/t43-,53-,59-,68?,69?,70?,71?/m0/s1. The van der Waals surface area contributed by atoms with Gasteiger partial charge in [-0.3, -0.25) is 53.0 Å². The number of pyridine rings is 1. The monoisotopic (exact) mass is 1410 g/mol. The van der Waals surface area contributed by atoms with Gasteiger partial charge in [0.1, 0.15) is 36.3 Å². The fraction of sp³-hybridized carbons (Fsp3) is 0.465. The van der Waals surface area contributed by atoms with E-state index >= 15 is 0 Å². The number of aromatic carboxylic acids is 1. The van der Waals surface area contributed by atoms with Gasteiger partial charge in [-0.05, 0) is 153 Å². The molecule has 100 heavy (non-hydrogen) atoms. The first kappa shape index (κ1) is 71.8. The van der Waals surface area contributed by atoms with Crippen LogP contribution in [-0.2, 0) is 74.5 Å². The number of aromatic nitrogens is 4. The third-order valence-electron chi connectivity index (χ3n) is 19.6. The zero-order valence-corrected chi connectivity index (χ0v) is 58.3. The summed E-state index contributed by atoms with van der Waals surface area (Å²) in [5, 5.41) is 31.9. The van der Waals surface area contributed by atoms with Crippen molar-refractivity contribution >= 4 is 102 Å². The van der Waals surface area contributed by atoms with Gasteiger partial charge in [0.25, 0.3) is 27.8 Å². The molecule has 8 N–H and O–H groups in total. The molecular formula is C71H84N12O15S2. The molecule has 4 bridgehead atoms. The van der Waals surface area contributed by atoms with E-state index in [2.05, 4.69) is 50.7 Å². The Kier molecular flexibility index (Phi) is 21.1. The smallest absolute Gasteiger partial charge is 0.407 e. The van der Waals surface area contributed by atoms with Crippen molar-refractivity contribution in [1.29, 1.82) is 0 Å². The molecule has 4 aliphatic carbocycles. The molecule has 8 amide bonds. The second-order valence-corrected chi connectivity index (χ2v) is 31.0. The van der Waals surface area contributed by atoms with Crippen molar-refractivity contribution in [2.45, 2.75) is 156 Å². The maximum absolute atomic E-state index is 13.8. The van der Waals surface area contributed by atoms with Crippen LogP contribution in [0.25, 0.3) is 21.3 Å². The number of fused-ring (bicyclic) bond motifs is 2.